The van der Waals surface area contributed by atoms with E-state index in [4.69, 9.17) is 0 Å². The number of hydrogen-bond acceptors (Lipinski definition) is 2. The fourth-order valence-electron chi connectivity index (χ4n) is 1.73. The molecule has 0 spiro atoms. The first kappa shape index (κ1) is 20.8. The van der Waals surface area contributed by atoms with E-state index in [1.807, 2.05) is 44.2 Å². The van der Waals surface area contributed by atoms with Gasteiger partial charge in [0.15, 0.2) is 6.21 Å². The van der Waals surface area contributed by atoms with Crippen LogP contribution < -0.4 is 17.0 Å². The predicted octanol–water partition coefficient (Wildman–Crippen LogP) is 0.219. The van der Waals surface area contributed by atoms with Crippen LogP contribution in [-0.4, -0.2) is 34.2 Å². The van der Waals surface area contributed by atoms with Crippen molar-refractivity contribution in [3.63, 3.8) is 0 Å². The first-order chi connectivity index (χ1) is 8.09. The average Bonchev–Trinajstić information content (AvgIpc) is 2.28. The molecule has 1 unspecified atom stereocenters. The van der Waals surface area contributed by atoms with Crippen molar-refractivity contribution in [2.45, 2.75) is 32.6 Å². The minimum absolute atomic E-state index is 0. The van der Waals surface area contributed by atoms with Crippen LogP contribution in [0, 0.1) is 10.4 Å². The molecule has 0 amide bonds. The molecule has 19 heavy (non-hydrogen) atoms. The van der Waals surface area contributed by atoms with Gasteiger partial charge in [0.1, 0.15) is 0 Å². The monoisotopic (exact) mass is 335 g/mol. The maximum absolute atomic E-state index is 10.6. The van der Waals surface area contributed by atoms with Crippen molar-refractivity contribution in [2.24, 2.45) is 0 Å². The molecule has 3 nitrogen and oxygen atoms in total. The molecule has 100 valence electrons. The van der Waals surface area contributed by atoms with E-state index in [0.717, 1.165) is 18.4 Å². The molecule has 1 rings (SSSR count). The van der Waals surface area contributed by atoms with Crippen molar-refractivity contribution >= 4 is 29.3 Å². The van der Waals surface area contributed by atoms with E-state index >= 15 is 0 Å². The van der Waals surface area contributed by atoms with Crippen LogP contribution in [0.3, 0.4) is 0 Å². The van der Waals surface area contributed by atoms with Gasteiger partial charge in [-0.3, -0.25) is 0 Å². The van der Waals surface area contributed by atoms with Crippen LogP contribution in [0.5, 0.6) is 0 Å². The molecule has 0 N–H and O–H groups in total. The summed E-state index contributed by atoms with van der Waals surface area (Å²) in [6.45, 7) is 4.07. The maximum Gasteiger partial charge on any atom is 2.00 e. The molecule has 0 radical (unpaired) electrons. The number of benzene rings is 1. The molecular formula is C14H18BrMgNO2. The molecule has 0 aromatic heterocycles. The van der Waals surface area contributed by atoms with E-state index in [1.54, 1.807) is 0 Å². The number of allylic oxidation sites excluding steroid dienone is 2. The SMILES string of the molecule is CC(C)=CCCC(C=[N+]([O-])[O-])c1ccccc1.[Br-].[Mg+2]. The third-order valence-corrected chi connectivity index (χ3v) is 2.56. The molecule has 0 heterocycles. The Morgan fingerprint density at radius 3 is 2.26 bits per heavy atom. The molecule has 5 heteroatoms. The minimum atomic E-state index is -0.347. The van der Waals surface area contributed by atoms with Crippen LogP contribution in [0.1, 0.15) is 38.2 Å². The Labute approximate surface area is 141 Å². The fourth-order valence-corrected chi connectivity index (χ4v) is 1.73. The van der Waals surface area contributed by atoms with Gasteiger partial charge in [-0.25, -0.2) is 0 Å². The Bertz CT molecular complexity index is 399. The number of hydrogen-bond donors (Lipinski definition) is 0. The van der Waals surface area contributed by atoms with Crippen LogP contribution in [0.4, 0.5) is 0 Å². The maximum atomic E-state index is 10.6. The summed E-state index contributed by atoms with van der Waals surface area (Å²) in [5, 5.41) is 21.2. The molecule has 1 atom stereocenters. The molecule has 0 fully saturated rings. The van der Waals surface area contributed by atoms with E-state index in [0.29, 0.717) is 0 Å². The summed E-state index contributed by atoms with van der Waals surface area (Å²) in [5.41, 5.74) is 2.25. The summed E-state index contributed by atoms with van der Waals surface area (Å²) in [4.78, 5) is -0.347. The Morgan fingerprint density at radius 2 is 1.79 bits per heavy atom. The molecule has 0 saturated carbocycles. The summed E-state index contributed by atoms with van der Waals surface area (Å²) in [6, 6.07) is 9.62. The predicted molar refractivity (Wildman–Crippen MR) is 76.7 cm³/mol. The zero-order valence-corrected chi connectivity index (χ0v) is 14.4. The summed E-state index contributed by atoms with van der Waals surface area (Å²) < 4.78 is 0. The molecule has 0 aliphatic carbocycles. The smallest absolute Gasteiger partial charge is 1.00 e. The Morgan fingerprint density at radius 1 is 1.21 bits per heavy atom. The van der Waals surface area contributed by atoms with Crippen LogP contribution in [0.2, 0.25) is 0 Å². The van der Waals surface area contributed by atoms with Crippen molar-refractivity contribution < 1.29 is 21.9 Å². The van der Waals surface area contributed by atoms with Crippen LogP contribution in [-0.2, 0) is 0 Å². The quantitative estimate of drug-likeness (QED) is 0.254. The van der Waals surface area contributed by atoms with Crippen LogP contribution in [0.25, 0.3) is 0 Å². The van der Waals surface area contributed by atoms with Crippen LogP contribution >= 0.6 is 0 Å². The standard InChI is InChI=1S/C14H18NO2.BrH.Mg/c1-12(2)7-6-10-14(11-15(16)17)13-8-4-3-5-9-13;;/h3-5,7-9,11,14H,6,10H2,1-2H3;1H;/q-1;;+2/p-1. The summed E-state index contributed by atoms with van der Waals surface area (Å²) in [6.07, 6.45) is 4.94. The summed E-state index contributed by atoms with van der Waals surface area (Å²) in [5.74, 6) is -0.109. The molecule has 0 bridgehead atoms. The topological polar surface area (TPSA) is 49.1 Å². The van der Waals surface area contributed by atoms with Gasteiger partial charge in [-0.15, -0.1) is 0 Å². The molecule has 0 saturated heterocycles. The van der Waals surface area contributed by atoms with Gasteiger partial charge in [-0.1, -0.05) is 42.0 Å². The minimum Gasteiger partial charge on any atom is -1.00 e. The van der Waals surface area contributed by atoms with E-state index < -0.39 is 0 Å². The van der Waals surface area contributed by atoms with Crippen molar-refractivity contribution in [1.29, 1.82) is 0 Å². The third kappa shape index (κ3) is 9.08. The fraction of sp³-hybridized carbons (Fsp3) is 0.357. The van der Waals surface area contributed by atoms with Crippen molar-refractivity contribution in [2.75, 3.05) is 0 Å². The largest absolute Gasteiger partial charge is 2.00 e. The Hall–Kier alpha value is -0.524. The van der Waals surface area contributed by atoms with E-state index in [9.17, 15) is 10.4 Å². The van der Waals surface area contributed by atoms with Gasteiger partial charge in [-0.2, -0.15) is 4.90 Å². The first-order valence-corrected chi connectivity index (χ1v) is 5.76. The van der Waals surface area contributed by atoms with Gasteiger partial charge >= 0.3 is 23.1 Å². The first-order valence-electron chi connectivity index (χ1n) is 5.76. The molecule has 1 aromatic carbocycles. The van der Waals surface area contributed by atoms with Crippen molar-refractivity contribution in [1.82, 2.24) is 0 Å². The summed E-state index contributed by atoms with van der Waals surface area (Å²) >= 11 is 0. The Balaban J connectivity index is 0. The second-order valence-corrected chi connectivity index (χ2v) is 4.31. The van der Waals surface area contributed by atoms with E-state index in [-0.39, 0.29) is 50.9 Å². The van der Waals surface area contributed by atoms with E-state index in [1.165, 1.54) is 11.8 Å². The second-order valence-electron chi connectivity index (χ2n) is 4.31. The normalized spacial score (nSPS) is 10.4. The van der Waals surface area contributed by atoms with Gasteiger partial charge < -0.3 is 27.4 Å². The van der Waals surface area contributed by atoms with Gasteiger partial charge in [0.25, 0.3) is 0 Å². The number of nitrogens with zero attached hydrogens (tertiary/aromatic N) is 1. The van der Waals surface area contributed by atoms with Gasteiger partial charge in [0.2, 0.25) is 0 Å². The molecule has 0 aliphatic rings. The number of halogens is 1. The average molecular weight is 337 g/mol. The molecular weight excluding hydrogens is 318 g/mol. The Kier molecular flexibility index (Phi) is 12.4. The molecule has 0 aliphatic heterocycles. The van der Waals surface area contributed by atoms with Gasteiger partial charge in [0.05, 0.1) is 5.92 Å². The van der Waals surface area contributed by atoms with Crippen LogP contribution in [0.15, 0.2) is 42.0 Å². The van der Waals surface area contributed by atoms with Gasteiger partial charge in [-0.05, 0) is 32.3 Å². The molecule has 1 aromatic rings. The number of rotatable bonds is 5. The van der Waals surface area contributed by atoms with Crippen molar-refractivity contribution in [3.8, 4) is 0 Å². The van der Waals surface area contributed by atoms with E-state index in [2.05, 4.69) is 6.08 Å². The van der Waals surface area contributed by atoms with Crippen molar-refractivity contribution in [3.05, 3.63) is 58.0 Å². The summed E-state index contributed by atoms with van der Waals surface area (Å²) in [7, 11) is 0. The third-order valence-electron chi connectivity index (χ3n) is 2.56. The second kappa shape index (κ2) is 11.3. The zero-order chi connectivity index (χ0) is 12.7. The van der Waals surface area contributed by atoms with Gasteiger partial charge in [0, 0.05) is 0 Å². The zero-order valence-electron chi connectivity index (χ0n) is 11.4.